The maximum absolute atomic E-state index is 13.3. The van der Waals surface area contributed by atoms with E-state index in [2.05, 4.69) is 0 Å². The van der Waals surface area contributed by atoms with E-state index in [1.54, 1.807) is 48.5 Å². The molecule has 0 bridgehead atoms. The number of Topliss-reactive ketones (excluding diaryl/α,β-unsaturated/α-hetero) is 1. The second-order valence-electron chi connectivity index (χ2n) is 9.13. The first-order chi connectivity index (χ1) is 18.3. The van der Waals surface area contributed by atoms with Crippen LogP contribution in [0.4, 0.5) is 0 Å². The average molecular weight is 514 g/mol. The Labute approximate surface area is 222 Å². The van der Waals surface area contributed by atoms with Crippen molar-refractivity contribution in [2.75, 3.05) is 13.2 Å². The van der Waals surface area contributed by atoms with Crippen LogP contribution in [0.2, 0.25) is 0 Å². The van der Waals surface area contributed by atoms with Gasteiger partial charge in [0, 0.05) is 12.1 Å². The second-order valence-corrected chi connectivity index (χ2v) is 9.13. The van der Waals surface area contributed by atoms with E-state index in [9.17, 15) is 19.5 Å². The summed E-state index contributed by atoms with van der Waals surface area (Å²) in [6, 6.07) is 20.3. The lowest BCUT2D eigenvalue weighted by atomic mass is 9.94. The number of esters is 1. The van der Waals surface area contributed by atoms with E-state index in [4.69, 9.17) is 9.47 Å². The summed E-state index contributed by atoms with van der Waals surface area (Å²) in [6.45, 7) is 6.70. The molecule has 0 radical (unpaired) electrons. The van der Waals surface area contributed by atoms with Crippen molar-refractivity contribution < 1.29 is 29.0 Å². The first-order valence-corrected chi connectivity index (χ1v) is 12.7. The molecule has 7 nitrogen and oxygen atoms in total. The van der Waals surface area contributed by atoms with Crippen molar-refractivity contribution in [2.45, 2.75) is 39.8 Å². The van der Waals surface area contributed by atoms with Crippen LogP contribution in [-0.4, -0.2) is 40.9 Å². The van der Waals surface area contributed by atoms with Gasteiger partial charge in [0.2, 0.25) is 0 Å². The lowest BCUT2D eigenvalue weighted by Crippen LogP contribution is -2.29. The monoisotopic (exact) mass is 513 g/mol. The Morgan fingerprint density at radius 3 is 2.26 bits per heavy atom. The van der Waals surface area contributed by atoms with E-state index in [0.29, 0.717) is 30.1 Å². The van der Waals surface area contributed by atoms with Gasteiger partial charge in [-0.05, 0) is 67.8 Å². The molecule has 7 heteroatoms. The van der Waals surface area contributed by atoms with Crippen LogP contribution in [0.15, 0.2) is 78.4 Å². The molecule has 1 aliphatic heterocycles. The Morgan fingerprint density at radius 1 is 0.947 bits per heavy atom. The summed E-state index contributed by atoms with van der Waals surface area (Å²) in [5.74, 6) is -1.46. The van der Waals surface area contributed by atoms with Crippen LogP contribution < -0.4 is 4.74 Å². The SMILES string of the molecule is CCCOC(=O)c1ccc(CN2C(=O)C(=O)/C(=C(/O)c3ccc(OCC)cc3)C2c2cccc(C)c2)cc1. The quantitative estimate of drug-likeness (QED) is 0.174. The lowest BCUT2D eigenvalue weighted by Gasteiger charge is -2.26. The molecule has 0 spiro atoms. The summed E-state index contributed by atoms with van der Waals surface area (Å²) >= 11 is 0. The number of ketones is 1. The van der Waals surface area contributed by atoms with Gasteiger partial charge in [-0.2, -0.15) is 0 Å². The fourth-order valence-electron chi connectivity index (χ4n) is 4.48. The number of aryl methyl sites for hydroxylation is 1. The Kier molecular flexibility index (Phi) is 8.26. The number of nitrogens with zero attached hydrogens (tertiary/aromatic N) is 1. The molecule has 38 heavy (non-hydrogen) atoms. The molecule has 0 aromatic heterocycles. The van der Waals surface area contributed by atoms with Gasteiger partial charge in [0.1, 0.15) is 11.5 Å². The van der Waals surface area contributed by atoms with Gasteiger partial charge in [-0.15, -0.1) is 0 Å². The molecule has 1 fully saturated rings. The maximum Gasteiger partial charge on any atom is 0.338 e. The van der Waals surface area contributed by atoms with Crippen LogP contribution in [0, 0.1) is 6.92 Å². The van der Waals surface area contributed by atoms with Crippen molar-refractivity contribution in [2.24, 2.45) is 0 Å². The molecule has 1 unspecified atom stereocenters. The Balaban J connectivity index is 1.71. The highest BCUT2D eigenvalue weighted by molar-refractivity contribution is 6.46. The predicted molar refractivity (Wildman–Crippen MR) is 144 cm³/mol. The molecule has 1 N–H and O–H groups in total. The number of carbonyl (C=O) groups is 3. The third-order valence-electron chi connectivity index (χ3n) is 6.32. The molecule has 1 aliphatic rings. The van der Waals surface area contributed by atoms with Crippen molar-refractivity contribution in [3.8, 4) is 5.75 Å². The summed E-state index contributed by atoms with van der Waals surface area (Å²) in [4.78, 5) is 40.2. The third kappa shape index (κ3) is 5.62. The molecule has 4 rings (SSSR count). The van der Waals surface area contributed by atoms with E-state index in [1.807, 2.05) is 45.0 Å². The smallest absolute Gasteiger partial charge is 0.338 e. The molecule has 1 saturated heterocycles. The molecule has 0 saturated carbocycles. The van der Waals surface area contributed by atoms with Crippen LogP contribution in [0.1, 0.15) is 58.9 Å². The number of aliphatic hydroxyl groups excluding tert-OH is 1. The van der Waals surface area contributed by atoms with Gasteiger partial charge >= 0.3 is 5.97 Å². The first-order valence-electron chi connectivity index (χ1n) is 12.7. The van der Waals surface area contributed by atoms with E-state index in [1.165, 1.54) is 4.90 Å². The van der Waals surface area contributed by atoms with Crippen LogP contribution in [0.25, 0.3) is 5.76 Å². The molecular weight excluding hydrogens is 482 g/mol. The zero-order valence-electron chi connectivity index (χ0n) is 21.8. The van der Waals surface area contributed by atoms with E-state index in [0.717, 1.165) is 23.1 Å². The van der Waals surface area contributed by atoms with Crippen molar-refractivity contribution in [3.63, 3.8) is 0 Å². The summed E-state index contributed by atoms with van der Waals surface area (Å²) in [5, 5.41) is 11.3. The highest BCUT2D eigenvalue weighted by Gasteiger charge is 2.46. The highest BCUT2D eigenvalue weighted by Crippen LogP contribution is 2.40. The van der Waals surface area contributed by atoms with Crippen LogP contribution in [-0.2, 0) is 20.9 Å². The van der Waals surface area contributed by atoms with Gasteiger partial charge in [-0.1, -0.05) is 48.9 Å². The average Bonchev–Trinajstić information content (AvgIpc) is 3.17. The van der Waals surface area contributed by atoms with E-state index >= 15 is 0 Å². The molecule has 1 amide bonds. The van der Waals surface area contributed by atoms with Gasteiger partial charge in [-0.3, -0.25) is 9.59 Å². The van der Waals surface area contributed by atoms with Crippen molar-refractivity contribution >= 4 is 23.4 Å². The summed E-state index contributed by atoms with van der Waals surface area (Å²) in [5.41, 5.74) is 3.27. The zero-order valence-corrected chi connectivity index (χ0v) is 21.8. The molecule has 196 valence electrons. The Morgan fingerprint density at radius 2 is 1.63 bits per heavy atom. The molecular formula is C31H31NO6. The lowest BCUT2D eigenvalue weighted by molar-refractivity contribution is -0.140. The zero-order chi connectivity index (χ0) is 27.2. The van der Waals surface area contributed by atoms with E-state index in [-0.39, 0.29) is 17.9 Å². The molecule has 1 atom stereocenters. The van der Waals surface area contributed by atoms with Gasteiger partial charge in [0.05, 0.1) is 30.4 Å². The number of amides is 1. The standard InChI is InChI=1S/C31H31NO6/c1-4-17-38-31(36)23-11-9-21(10-12-23)19-32-27(24-8-6-7-20(3)18-24)26(29(34)30(32)35)28(33)22-13-15-25(16-14-22)37-5-2/h6-16,18,27,33H,4-5,17,19H2,1-3H3/b28-26+. The largest absolute Gasteiger partial charge is 0.507 e. The fraction of sp³-hybridized carbons (Fsp3) is 0.258. The van der Waals surface area contributed by atoms with Crippen LogP contribution >= 0.6 is 0 Å². The molecule has 3 aromatic carbocycles. The van der Waals surface area contributed by atoms with Gasteiger partial charge in [0.25, 0.3) is 11.7 Å². The van der Waals surface area contributed by atoms with Crippen LogP contribution in [0.3, 0.4) is 0 Å². The number of hydrogen-bond donors (Lipinski definition) is 1. The normalized spacial score (nSPS) is 16.5. The minimum atomic E-state index is -0.782. The minimum absolute atomic E-state index is 0.0320. The number of likely N-dealkylation sites (tertiary alicyclic amines) is 1. The molecule has 3 aromatic rings. The number of rotatable bonds is 9. The molecule has 1 heterocycles. The summed E-state index contributed by atoms with van der Waals surface area (Å²) in [6.07, 6.45) is 0.731. The number of benzene rings is 3. The summed E-state index contributed by atoms with van der Waals surface area (Å²) in [7, 11) is 0. The van der Waals surface area contributed by atoms with E-state index < -0.39 is 23.7 Å². The maximum atomic E-state index is 13.3. The van der Waals surface area contributed by atoms with Crippen molar-refractivity contribution in [1.82, 2.24) is 4.90 Å². The second kappa shape index (κ2) is 11.8. The first kappa shape index (κ1) is 26.7. The van der Waals surface area contributed by atoms with Gasteiger partial charge < -0.3 is 19.5 Å². The van der Waals surface area contributed by atoms with Gasteiger partial charge in [-0.25, -0.2) is 4.79 Å². The topological polar surface area (TPSA) is 93.1 Å². The van der Waals surface area contributed by atoms with Gasteiger partial charge in [0.15, 0.2) is 0 Å². The third-order valence-corrected chi connectivity index (χ3v) is 6.32. The number of ether oxygens (including phenoxy) is 2. The number of aliphatic hydroxyl groups is 1. The highest BCUT2D eigenvalue weighted by atomic mass is 16.5. The minimum Gasteiger partial charge on any atom is -0.507 e. The number of hydrogen-bond acceptors (Lipinski definition) is 6. The predicted octanol–water partition coefficient (Wildman–Crippen LogP) is 5.58. The molecule has 0 aliphatic carbocycles. The Hall–Kier alpha value is -4.39. The van der Waals surface area contributed by atoms with Crippen molar-refractivity contribution in [3.05, 3.63) is 106 Å². The number of carbonyl (C=O) groups excluding carboxylic acids is 3. The van der Waals surface area contributed by atoms with Crippen molar-refractivity contribution in [1.29, 1.82) is 0 Å². The fourth-order valence-corrected chi connectivity index (χ4v) is 4.48. The van der Waals surface area contributed by atoms with Crippen LogP contribution in [0.5, 0.6) is 5.75 Å². The summed E-state index contributed by atoms with van der Waals surface area (Å²) < 4.78 is 10.7. The Bertz CT molecular complexity index is 1360.